The number of alkyl halides is 2. The van der Waals surface area contributed by atoms with Gasteiger partial charge in [-0.25, -0.2) is 4.79 Å². The topological polar surface area (TPSA) is 37.3 Å². The van der Waals surface area contributed by atoms with E-state index in [1.807, 2.05) is 30.3 Å². The Kier molecular flexibility index (Phi) is 3.77. The molecule has 0 atom stereocenters. The fourth-order valence-corrected chi connectivity index (χ4v) is 1.27. The second-order valence-electron chi connectivity index (χ2n) is 3.35. The number of aryl methyl sites for hydroxylation is 1. The van der Waals surface area contributed by atoms with Crippen LogP contribution in [0.5, 0.6) is 0 Å². The van der Waals surface area contributed by atoms with E-state index in [2.05, 4.69) is 0 Å². The molecule has 0 fully saturated rings. The molecule has 0 unspecified atom stereocenters. The van der Waals surface area contributed by atoms with Crippen molar-refractivity contribution in [3.05, 3.63) is 35.9 Å². The first-order valence-corrected chi connectivity index (χ1v) is 4.67. The monoisotopic (exact) mass is 214 g/mol. The first-order chi connectivity index (χ1) is 7.02. The van der Waals surface area contributed by atoms with E-state index in [0.29, 0.717) is 6.42 Å². The minimum Gasteiger partial charge on any atom is -0.477 e. The van der Waals surface area contributed by atoms with Gasteiger partial charge in [0.05, 0.1) is 0 Å². The zero-order valence-electron chi connectivity index (χ0n) is 8.12. The highest BCUT2D eigenvalue weighted by atomic mass is 19.3. The Bertz CT molecular complexity index is 323. The second kappa shape index (κ2) is 4.87. The summed E-state index contributed by atoms with van der Waals surface area (Å²) in [5, 5.41) is 8.19. The molecule has 0 aliphatic heterocycles. The summed E-state index contributed by atoms with van der Waals surface area (Å²) in [4.78, 5) is 10.1. The highest BCUT2D eigenvalue weighted by Crippen LogP contribution is 2.21. The minimum absolute atomic E-state index is 0.170. The summed E-state index contributed by atoms with van der Waals surface area (Å²) in [5.74, 6) is -5.65. The highest BCUT2D eigenvalue weighted by Gasteiger charge is 2.37. The van der Waals surface area contributed by atoms with Crippen molar-refractivity contribution in [3.63, 3.8) is 0 Å². The number of hydrogen-bond acceptors (Lipinski definition) is 1. The van der Waals surface area contributed by atoms with Crippen LogP contribution < -0.4 is 0 Å². The molecule has 0 saturated carbocycles. The molecule has 15 heavy (non-hydrogen) atoms. The molecule has 0 amide bonds. The molecule has 0 spiro atoms. The lowest BCUT2D eigenvalue weighted by Gasteiger charge is -2.10. The largest absolute Gasteiger partial charge is 0.477 e. The standard InChI is InChI=1S/C11H12F2O2/c12-11(13,10(14)15)8-4-7-9-5-2-1-3-6-9/h1-3,5-6H,4,7-8H2,(H,14,15). The number of benzene rings is 1. The van der Waals surface area contributed by atoms with Gasteiger partial charge >= 0.3 is 11.9 Å². The molecule has 82 valence electrons. The molecule has 0 saturated heterocycles. The molecule has 0 bridgehead atoms. The van der Waals surface area contributed by atoms with Crippen molar-refractivity contribution in [1.82, 2.24) is 0 Å². The van der Waals surface area contributed by atoms with Crippen LogP contribution in [0.1, 0.15) is 18.4 Å². The van der Waals surface area contributed by atoms with E-state index in [0.717, 1.165) is 5.56 Å². The first-order valence-electron chi connectivity index (χ1n) is 4.67. The molecule has 2 nitrogen and oxygen atoms in total. The first kappa shape index (κ1) is 11.6. The summed E-state index contributed by atoms with van der Waals surface area (Å²) in [6.07, 6.45) is 0.0320. The molecular formula is C11H12F2O2. The van der Waals surface area contributed by atoms with Crippen LogP contribution in [-0.4, -0.2) is 17.0 Å². The van der Waals surface area contributed by atoms with Crippen LogP contribution in [0.25, 0.3) is 0 Å². The molecule has 1 N–H and O–H groups in total. The van der Waals surface area contributed by atoms with Crippen LogP contribution in [0.3, 0.4) is 0 Å². The Hall–Kier alpha value is -1.45. The van der Waals surface area contributed by atoms with E-state index in [4.69, 9.17) is 5.11 Å². The van der Waals surface area contributed by atoms with Crippen LogP contribution in [0.15, 0.2) is 30.3 Å². The van der Waals surface area contributed by atoms with E-state index in [1.165, 1.54) is 0 Å². The van der Waals surface area contributed by atoms with Crippen molar-refractivity contribution in [2.75, 3.05) is 0 Å². The van der Waals surface area contributed by atoms with Crippen molar-refractivity contribution in [2.24, 2.45) is 0 Å². The van der Waals surface area contributed by atoms with Crippen LogP contribution >= 0.6 is 0 Å². The molecule has 0 aliphatic rings. The highest BCUT2D eigenvalue weighted by molar-refractivity contribution is 5.75. The lowest BCUT2D eigenvalue weighted by molar-refractivity contribution is -0.165. The maximum atomic E-state index is 12.6. The van der Waals surface area contributed by atoms with E-state index in [1.54, 1.807) is 0 Å². The Morgan fingerprint density at radius 3 is 2.40 bits per heavy atom. The Morgan fingerprint density at radius 2 is 1.87 bits per heavy atom. The van der Waals surface area contributed by atoms with Gasteiger partial charge in [0.15, 0.2) is 0 Å². The van der Waals surface area contributed by atoms with E-state index >= 15 is 0 Å². The molecule has 1 aromatic carbocycles. The summed E-state index contributed by atoms with van der Waals surface area (Å²) in [6.45, 7) is 0. The Morgan fingerprint density at radius 1 is 1.27 bits per heavy atom. The maximum Gasteiger partial charge on any atom is 0.374 e. The van der Waals surface area contributed by atoms with Gasteiger partial charge in [0.2, 0.25) is 0 Å². The molecular weight excluding hydrogens is 202 g/mol. The Balaban J connectivity index is 2.37. The number of carboxylic acids is 1. The number of hydrogen-bond donors (Lipinski definition) is 1. The van der Waals surface area contributed by atoms with E-state index < -0.39 is 18.3 Å². The molecule has 1 rings (SSSR count). The van der Waals surface area contributed by atoms with Crippen molar-refractivity contribution < 1.29 is 18.7 Å². The molecule has 0 aliphatic carbocycles. The van der Waals surface area contributed by atoms with Gasteiger partial charge in [0.1, 0.15) is 0 Å². The third-order valence-corrected chi connectivity index (χ3v) is 2.11. The third kappa shape index (κ3) is 3.65. The normalized spacial score (nSPS) is 11.3. The van der Waals surface area contributed by atoms with Crippen molar-refractivity contribution in [1.29, 1.82) is 0 Å². The van der Waals surface area contributed by atoms with Gasteiger partial charge in [-0.05, 0) is 18.4 Å². The number of carboxylic acid groups (broad SMARTS) is 1. The van der Waals surface area contributed by atoms with Crippen LogP contribution in [0.2, 0.25) is 0 Å². The van der Waals surface area contributed by atoms with Gasteiger partial charge in [-0.15, -0.1) is 0 Å². The maximum absolute atomic E-state index is 12.6. The van der Waals surface area contributed by atoms with Crippen LogP contribution in [-0.2, 0) is 11.2 Å². The number of rotatable bonds is 5. The predicted molar refractivity (Wildman–Crippen MR) is 52.0 cm³/mol. The summed E-state index contributed by atoms with van der Waals surface area (Å²) < 4.78 is 25.3. The predicted octanol–water partition coefficient (Wildman–Crippen LogP) is 2.73. The van der Waals surface area contributed by atoms with Crippen molar-refractivity contribution in [2.45, 2.75) is 25.2 Å². The smallest absolute Gasteiger partial charge is 0.374 e. The lowest BCUT2D eigenvalue weighted by atomic mass is 10.1. The number of aliphatic carboxylic acids is 1. The minimum atomic E-state index is -3.60. The quantitative estimate of drug-likeness (QED) is 0.818. The second-order valence-corrected chi connectivity index (χ2v) is 3.35. The fourth-order valence-electron chi connectivity index (χ4n) is 1.27. The van der Waals surface area contributed by atoms with Crippen molar-refractivity contribution >= 4 is 5.97 Å². The molecule has 0 heterocycles. The van der Waals surface area contributed by atoms with Crippen LogP contribution in [0, 0.1) is 0 Å². The zero-order chi connectivity index (χ0) is 11.3. The summed E-state index contributed by atoms with van der Waals surface area (Å²) in [5.41, 5.74) is 0.943. The molecule has 0 radical (unpaired) electrons. The number of halogens is 2. The van der Waals surface area contributed by atoms with Gasteiger partial charge in [0, 0.05) is 6.42 Å². The molecule has 0 aromatic heterocycles. The van der Waals surface area contributed by atoms with Gasteiger partial charge in [-0.1, -0.05) is 30.3 Å². The SMILES string of the molecule is O=C(O)C(F)(F)CCCc1ccccc1. The lowest BCUT2D eigenvalue weighted by Crippen LogP contribution is -2.27. The average molecular weight is 214 g/mol. The number of carbonyl (C=O) groups is 1. The van der Waals surface area contributed by atoms with Gasteiger partial charge < -0.3 is 5.11 Å². The average Bonchev–Trinajstić information content (AvgIpc) is 2.19. The summed E-state index contributed by atoms with van der Waals surface area (Å²) >= 11 is 0. The van der Waals surface area contributed by atoms with Gasteiger partial charge in [-0.3, -0.25) is 0 Å². The summed E-state index contributed by atoms with van der Waals surface area (Å²) in [6, 6.07) is 9.16. The molecule has 1 aromatic rings. The summed E-state index contributed by atoms with van der Waals surface area (Å²) in [7, 11) is 0. The molecule has 4 heteroatoms. The van der Waals surface area contributed by atoms with Gasteiger partial charge in [0.25, 0.3) is 0 Å². The van der Waals surface area contributed by atoms with E-state index in [9.17, 15) is 13.6 Å². The Labute approximate surface area is 86.5 Å². The van der Waals surface area contributed by atoms with Crippen molar-refractivity contribution in [3.8, 4) is 0 Å². The third-order valence-electron chi connectivity index (χ3n) is 2.11. The van der Waals surface area contributed by atoms with E-state index in [-0.39, 0.29) is 6.42 Å². The van der Waals surface area contributed by atoms with Crippen LogP contribution in [0.4, 0.5) is 8.78 Å². The zero-order valence-corrected chi connectivity index (χ0v) is 8.12. The fraction of sp³-hybridized carbons (Fsp3) is 0.364. The van der Waals surface area contributed by atoms with Gasteiger partial charge in [-0.2, -0.15) is 8.78 Å².